The topological polar surface area (TPSA) is 21.6 Å². The van der Waals surface area contributed by atoms with Crippen LogP contribution in [0.4, 0.5) is 0 Å². The van der Waals surface area contributed by atoms with Crippen molar-refractivity contribution in [2.24, 2.45) is 10.9 Å². The van der Waals surface area contributed by atoms with Gasteiger partial charge in [0.1, 0.15) is 6.61 Å². The summed E-state index contributed by atoms with van der Waals surface area (Å²) >= 11 is 3.43. The fourth-order valence-electron chi connectivity index (χ4n) is 1.66. The maximum atomic E-state index is 5.60. The van der Waals surface area contributed by atoms with E-state index in [9.17, 15) is 0 Å². The quantitative estimate of drug-likeness (QED) is 0.832. The predicted octanol–water partition coefficient (Wildman–Crippen LogP) is 3.44. The minimum atomic E-state index is 0.338. The van der Waals surface area contributed by atoms with Gasteiger partial charge in [-0.05, 0) is 23.6 Å². The maximum absolute atomic E-state index is 5.60. The molecule has 0 fully saturated rings. The Morgan fingerprint density at radius 3 is 2.62 bits per heavy atom. The maximum Gasteiger partial charge on any atom is 0.188 e. The van der Waals surface area contributed by atoms with Gasteiger partial charge in [0, 0.05) is 10.9 Å². The first-order chi connectivity index (χ1) is 7.65. The molecule has 1 aliphatic heterocycles. The number of hydrogen-bond acceptors (Lipinski definition) is 2. The van der Waals surface area contributed by atoms with Crippen LogP contribution >= 0.6 is 15.9 Å². The monoisotopic (exact) mass is 281 g/mol. The van der Waals surface area contributed by atoms with Crippen molar-refractivity contribution >= 4 is 21.8 Å². The second-order valence-corrected chi connectivity index (χ2v) is 5.36. The highest BCUT2D eigenvalue weighted by molar-refractivity contribution is 9.10. The van der Waals surface area contributed by atoms with Crippen molar-refractivity contribution in [1.82, 2.24) is 0 Å². The van der Waals surface area contributed by atoms with E-state index in [2.05, 4.69) is 46.9 Å². The van der Waals surface area contributed by atoms with E-state index in [1.807, 2.05) is 12.1 Å². The van der Waals surface area contributed by atoms with Gasteiger partial charge in [-0.3, -0.25) is 0 Å². The zero-order valence-electron chi connectivity index (χ0n) is 9.61. The number of halogens is 1. The fourth-order valence-corrected chi connectivity index (χ4v) is 1.92. The molecule has 16 heavy (non-hydrogen) atoms. The van der Waals surface area contributed by atoms with Gasteiger partial charge in [0.25, 0.3) is 0 Å². The molecule has 0 aromatic heterocycles. The van der Waals surface area contributed by atoms with Gasteiger partial charge in [0.05, 0.1) is 6.04 Å². The summed E-state index contributed by atoms with van der Waals surface area (Å²) in [6.07, 6.45) is 0.802. The summed E-state index contributed by atoms with van der Waals surface area (Å²) in [7, 11) is 0. The Labute approximate surface area is 105 Å². The van der Waals surface area contributed by atoms with Crippen LogP contribution in [0.25, 0.3) is 0 Å². The summed E-state index contributed by atoms with van der Waals surface area (Å²) in [6.45, 7) is 5.10. The van der Waals surface area contributed by atoms with Crippen molar-refractivity contribution < 1.29 is 4.74 Å². The largest absolute Gasteiger partial charge is 0.478 e. The third-order valence-corrected chi connectivity index (χ3v) is 3.30. The van der Waals surface area contributed by atoms with Gasteiger partial charge >= 0.3 is 0 Å². The Bertz CT molecular complexity index is 383. The van der Waals surface area contributed by atoms with Crippen LogP contribution in [-0.4, -0.2) is 18.5 Å². The van der Waals surface area contributed by atoms with Crippen LogP contribution in [0.1, 0.15) is 19.4 Å². The van der Waals surface area contributed by atoms with E-state index in [-0.39, 0.29) is 0 Å². The van der Waals surface area contributed by atoms with E-state index >= 15 is 0 Å². The second kappa shape index (κ2) is 5.00. The summed E-state index contributed by atoms with van der Waals surface area (Å²) in [4.78, 5) is 4.59. The van der Waals surface area contributed by atoms with E-state index in [4.69, 9.17) is 4.74 Å². The number of hydrogen-bond donors (Lipinski definition) is 0. The van der Waals surface area contributed by atoms with Crippen molar-refractivity contribution in [2.45, 2.75) is 26.3 Å². The summed E-state index contributed by atoms with van der Waals surface area (Å²) in [5, 5.41) is 0. The van der Waals surface area contributed by atoms with Crippen LogP contribution in [0.3, 0.4) is 0 Å². The molecule has 1 atom stereocenters. The lowest BCUT2D eigenvalue weighted by Crippen LogP contribution is -2.13. The standard InChI is InChI=1S/C13H16BrNO/c1-9(2)12-8-16-13(15-12)7-10-3-5-11(14)6-4-10/h3-6,9,12H,7-8H2,1-2H3/t12-/m0/s1. The van der Waals surface area contributed by atoms with Gasteiger partial charge < -0.3 is 4.74 Å². The molecular formula is C13H16BrNO. The molecule has 0 amide bonds. The number of nitrogens with zero attached hydrogens (tertiary/aromatic N) is 1. The average molecular weight is 282 g/mol. The first-order valence-electron chi connectivity index (χ1n) is 5.59. The fraction of sp³-hybridized carbons (Fsp3) is 0.462. The molecule has 1 aromatic carbocycles. The first kappa shape index (κ1) is 11.6. The molecule has 3 heteroatoms. The lowest BCUT2D eigenvalue weighted by atomic mass is 10.1. The summed E-state index contributed by atoms with van der Waals surface area (Å²) in [5.74, 6) is 1.43. The lowest BCUT2D eigenvalue weighted by molar-refractivity contribution is 0.287. The molecular weight excluding hydrogens is 266 g/mol. The predicted molar refractivity (Wildman–Crippen MR) is 69.9 cm³/mol. The van der Waals surface area contributed by atoms with Gasteiger partial charge in [-0.2, -0.15) is 0 Å². The zero-order valence-corrected chi connectivity index (χ0v) is 11.2. The summed E-state index contributed by atoms with van der Waals surface area (Å²) in [6, 6.07) is 8.62. The van der Waals surface area contributed by atoms with Crippen molar-refractivity contribution in [3.05, 3.63) is 34.3 Å². The normalized spacial score (nSPS) is 19.8. The highest BCUT2D eigenvalue weighted by Crippen LogP contribution is 2.17. The molecule has 0 unspecified atom stereocenters. The molecule has 86 valence electrons. The average Bonchev–Trinajstić information content (AvgIpc) is 2.70. The number of benzene rings is 1. The molecule has 0 saturated heterocycles. The third-order valence-electron chi connectivity index (χ3n) is 2.77. The molecule has 2 nitrogen and oxygen atoms in total. The first-order valence-corrected chi connectivity index (χ1v) is 6.38. The molecule has 0 aliphatic carbocycles. The minimum Gasteiger partial charge on any atom is -0.478 e. The Hall–Kier alpha value is -0.830. The molecule has 0 spiro atoms. The highest BCUT2D eigenvalue weighted by atomic mass is 79.9. The van der Waals surface area contributed by atoms with Crippen LogP contribution in [0, 0.1) is 5.92 Å². The molecule has 0 N–H and O–H groups in total. The van der Waals surface area contributed by atoms with E-state index in [1.165, 1.54) is 5.56 Å². The number of ether oxygens (including phenoxy) is 1. The van der Waals surface area contributed by atoms with Gasteiger partial charge in [-0.15, -0.1) is 0 Å². The van der Waals surface area contributed by atoms with Crippen molar-refractivity contribution in [3.63, 3.8) is 0 Å². The van der Waals surface area contributed by atoms with Gasteiger partial charge in [0.15, 0.2) is 5.90 Å². The van der Waals surface area contributed by atoms with Crippen molar-refractivity contribution in [1.29, 1.82) is 0 Å². The molecule has 0 saturated carbocycles. The minimum absolute atomic E-state index is 0.338. The third kappa shape index (κ3) is 2.85. The van der Waals surface area contributed by atoms with E-state index in [0.29, 0.717) is 12.0 Å². The Morgan fingerprint density at radius 2 is 2.06 bits per heavy atom. The molecule has 2 rings (SSSR count). The zero-order chi connectivity index (χ0) is 11.5. The smallest absolute Gasteiger partial charge is 0.188 e. The molecule has 0 bridgehead atoms. The highest BCUT2D eigenvalue weighted by Gasteiger charge is 2.21. The summed E-state index contributed by atoms with van der Waals surface area (Å²) < 4.78 is 6.70. The van der Waals surface area contributed by atoms with Gasteiger partial charge in [0.2, 0.25) is 0 Å². The molecule has 1 heterocycles. The van der Waals surface area contributed by atoms with E-state index in [0.717, 1.165) is 23.4 Å². The van der Waals surface area contributed by atoms with Crippen LogP contribution in [0.15, 0.2) is 33.7 Å². The van der Waals surface area contributed by atoms with Crippen LogP contribution in [-0.2, 0) is 11.2 Å². The van der Waals surface area contributed by atoms with E-state index in [1.54, 1.807) is 0 Å². The van der Waals surface area contributed by atoms with Crippen LogP contribution < -0.4 is 0 Å². The molecule has 0 radical (unpaired) electrons. The molecule has 1 aliphatic rings. The number of rotatable bonds is 3. The Kier molecular flexibility index (Phi) is 3.64. The van der Waals surface area contributed by atoms with E-state index < -0.39 is 0 Å². The SMILES string of the molecule is CC(C)[C@@H]1COC(Cc2ccc(Br)cc2)=N1. The van der Waals surface area contributed by atoms with Crippen molar-refractivity contribution in [3.8, 4) is 0 Å². The lowest BCUT2D eigenvalue weighted by Gasteiger charge is -2.06. The van der Waals surface area contributed by atoms with Crippen molar-refractivity contribution in [2.75, 3.05) is 6.61 Å². The summed E-state index contributed by atoms with van der Waals surface area (Å²) in [5.41, 5.74) is 1.24. The second-order valence-electron chi connectivity index (χ2n) is 4.45. The Morgan fingerprint density at radius 1 is 1.38 bits per heavy atom. The van der Waals surface area contributed by atoms with Crippen LogP contribution in [0.2, 0.25) is 0 Å². The Balaban J connectivity index is 2.01. The number of aliphatic imine (C=N–C) groups is 1. The van der Waals surface area contributed by atoms with Gasteiger partial charge in [-0.25, -0.2) is 4.99 Å². The van der Waals surface area contributed by atoms with Gasteiger partial charge in [-0.1, -0.05) is 41.9 Å². The molecule has 1 aromatic rings. The van der Waals surface area contributed by atoms with Crippen LogP contribution in [0.5, 0.6) is 0 Å².